The van der Waals surface area contributed by atoms with E-state index < -0.39 is 0 Å². The second-order valence-corrected chi connectivity index (χ2v) is 5.25. The second-order valence-electron chi connectivity index (χ2n) is 4.81. The van der Waals surface area contributed by atoms with Crippen LogP contribution in [0.5, 0.6) is 0 Å². The summed E-state index contributed by atoms with van der Waals surface area (Å²) in [6, 6.07) is 0.476. The Bertz CT molecular complexity index is 242. The fraction of sp³-hybridized carbons (Fsp3) is 1.00. The minimum atomic E-state index is -0.132. The molecule has 2 fully saturated rings. The molecule has 3 atom stereocenters. The zero-order valence-electron chi connectivity index (χ0n) is 10.7. The summed E-state index contributed by atoms with van der Waals surface area (Å²) in [6.45, 7) is 4.91. The fourth-order valence-electron chi connectivity index (χ4n) is 2.69. The van der Waals surface area contributed by atoms with Gasteiger partial charge in [0, 0.05) is 26.7 Å². The molecule has 2 aliphatic rings. The summed E-state index contributed by atoms with van der Waals surface area (Å²) in [6.07, 6.45) is 1.52. The monoisotopic (exact) mass is 262 g/mol. The van der Waals surface area contributed by atoms with Crippen molar-refractivity contribution in [3.63, 3.8) is 0 Å². The van der Waals surface area contributed by atoms with Crippen LogP contribution >= 0.6 is 11.6 Å². The number of rotatable bonds is 3. The number of hydrogen-bond acceptors (Lipinski definition) is 5. The molecule has 2 rings (SSSR count). The highest BCUT2D eigenvalue weighted by Gasteiger charge is 2.36. The average molecular weight is 263 g/mol. The standard InChI is InChI=1S/C11H23ClN4O/c1-15-4-3-5-16(6-7-17-2)10-9(15)8-13-11(12)14-10/h9-11,13-14H,3-8H2,1-2H3. The lowest BCUT2D eigenvalue weighted by molar-refractivity contribution is 0.0519. The number of likely N-dealkylation sites (N-methyl/N-ethyl adjacent to an activating group) is 1. The van der Waals surface area contributed by atoms with Crippen LogP contribution in [-0.2, 0) is 4.74 Å². The van der Waals surface area contributed by atoms with Crippen molar-refractivity contribution in [3.8, 4) is 0 Å². The molecule has 0 aromatic rings. The minimum absolute atomic E-state index is 0.132. The minimum Gasteiger partial charge on any atom is -0.383 e. The van der Waals surface area contributed by atoms with Gasteiger partial charge >= 0.3 is 0 Å². The van der Waals surface area contributed by atoms with Crippen LogP contribution in [0.4, 0.5) is 0 Å². The van der Waals surface area contributed by atoms with Crippen molar-refractivity contribution >= 4 is 11.6 Å². The van der Waals surface area contributed by atoms with E-state index in [1.54, 1.807) is 7.11 Å². The zero-order chi connectivity index (χ0) is 12.3. The van der Waals surface area contributed by atoms with E-state index in [0.29, 0.717) is 12.2 Å². The Hall–Kier alpha value is 0.0900. The van der Waals surface area contributed by atoms with Crippen LogP contribution < -0.4 is 10.6 Å². The highest BCUT2D eigenvalue weighted by Crippen LogP contribution is 2.17. The molecule has 17 heavy (non-hydrogen) atoms. The fourth-order valence-corrected chi connectivity index (χ4v) is 2.91. The van der Waals surface area contributed by atoms with Gasteiger partial charge in [-0.3, -0.25) is 20.4 Å². The van der Waals surface area contributed by atoms with Gasteiger partial charge in [0.05, 0.1) is 18.8 Å². The molecule has 0 amide bonds. The molecular formula is C11H23ClN4O. The summed E-state index contributed by atoms with van der Waals surface area (Å²) < 4.78 is 5.19. The van der Waals surface area contributed by atoms with Crippen molar-refractivity contribution in [2.45, 2.75) is 24.3 Å². The van der Waals surface area contributed by atoms with Crippen LogP contribution in [0.2, 0.25) is 0 Å². The second kappa shape index (κ2) is 6.31. The highest BCUT2D eigenvalue weighted by molar-refractivity contribution is 6.20. The van der Waals surface area contributed by atoms with Crippen molar-refractivity contribution in [1.29, 1.82) is 0 Å². The molecule has 3 unspecified atom stereocenters. The van der Waals surface area contributed by atoms with E-state index in [0.717, 1.165) is 32.8 Å². The third-order valence-electron chi connectivity index (χ3n) is 3.69. The van der Waals surface area contributed by atoms with E-state index in [1.807, 2.05) is 0 Å². The van der Waals surface area contributed by atoms with Crippen molar-refractivity contribution in [3.05, 3.63) is 0 Å². The van der Waals surface area contributed by atoms with E-state index in [2.05, 4.69) is 27.5 Å². The van der Waals surface area contributed by atoms with Gasteiger partial charge < -0.3 is 4.74 Å². The quantitative estimate of drug-likeness (QED) is 0.539. The first-order valence-electron chi connectivity index (χ1n) is 6.29. The summed E-state index contributed by atoms with van der Waals surface area (Å²) in [4.78, 5) is 4.87. The van der Waals surface area contributed by atoms with Crippen LogP contribution in [0.25, 0.3) is 0 Å². The molecule has 6 heteroatoms. The van der Waals surface area contributed by atoms with Crippen LogP contribution in [0.3, 0.4) is 0 Å². The van der Waals surface area contributed by atoms with E-state index in [1.165, 1.54) is 6.42 Å². The largest absolute Gasteiger partial charge is 0.383 e. The van der Waals surface area contributed by atoms with E-state index in [4.69, 9.17) is 16.3 Å². The molecular weight excluding hydrogens is 240 g/mol. The maximum atomic E-state index is 6.14. The number of fused-ring (bicyclic) bond motifs is 1. The zero-order valence-corrected chi connectivity index (χ0v) is 11.4. The molecule has 0 spiro atoms. The van der Waals surface area contributed by atoms with Crippen molar-refractivity contribution < 1.29 is 4.74 Å². The van der Waals surface area contributed by atoms with Crippen molar-refractivity contribution in [2.75, 3.05) is 46.9 Å². The van der Waals surface area contributed by atoms with Crippen LogP contribution in [-0.4, -0.2) is 74.6 Å². The Balaban J connectivity index is 2.04. The molecule has 2 aliphatic heterocycles. The van der Waals surface area contributed by atoms with Crippen LogP contribution in [0.1, 0.15) is 6.42 Å². The molecule has 0 bridgehead atoms. The summed E-state index contributed by atoms with van der Waals surface area (Å²) in [5.74, 6) is 0. The molecule has 5 nitrogen and oxygen atoms in total. The van der Waals surface area contributed by atoms with Crippen molar-refractivity contribution in [1.82, 2.24) is 20.4 Å². The Morgan fingerprint density at radius 1 is 1.41 bits per heavy atom. The maximum Gasteiger partial charge on any atom is 0.136 e. The average Bonchev–Trinajstić information content (AvgIpc) is 2.46. The number of nitrogens with one attached hydrogen (secondary N) is 2. The topological polar surface area (TPSA) is 39.8 Å². The number of alkyl halides is 1. The third-order valence-corrected chi connectivity index (χ3v) is 3.97. The molecule has 0 aromatic carbocycles. The Labute approximate surface area is 108 Å². The van der Waals surface area contributed by atoms with Gasteiger partial charge in [-0.2, -0.15) is 0 Å². The lowest BCUT2D eigenvalue weighted by Crippen LogP contribution is -2.67. The highest BCUT2D eigenvalue weighted by atomic mass is 35.5. The first kappa shape index (κ1) is 13.5. The van der Waals surface area contributed by atoms with Gasteiger partial charge in [-0.15, -0.1) is 0 Å². The predicted octanol–water partition coefficient (Wildman–Crippen LogP) is -0.320. The number of methoxy groups -OCH3 is 1. The first-order valence-corrected chi connectivity index (χ1v) is 6.73. The van der Waals surface area contributed by atoms with Gasteiger partial charge in [-0.05, 0) is 20.0 Å². The van der Waals surface area contributed by atoms with Crippen molar-refractivity contribution in [2.24, 2.45) is 0 Å². The number of nitrogens with zero attached hydrogens (tertiary/aromatic N) is 2. The lowest BCUT2D eigenvalue weighted by atomic mass is 10.1. The number of hydrogen-bond donors (Lipinski definition) is 2. The summed E-state index contributed by atoms with van der Waals surface area (Å²) in [7, 11) is 3.94. The number of halogens is 1. The summed E-state index contributed by atoms with van der Waals surface area (Å²) in [5.41, 5.74) is -0.132. The van der Waals surface area contributed by atoms with E-state index in [-0.39, 0.29) is 5.62 Å². The predicted molar refractivity (Wildman–Crippen MR) is 69.1 cm³/mol. The van der Waals surface area contributed by atoms with E-state index in [9.17, 15) is 0 Å². The van der Waals surface area contributed by atoms with Gasteiger partial charge in [-0.1, -0.05) is 11.6 Å². The molecule has 2 heterocycles. The van der Waals surface area contributed by atoms with Gasteiger partial charge in [-0.25, -0.2) is 0 Å². The SMILES string of the molecule is COCCN1CCCN(C)C2CNC(Cl)NC21. The normalized spacial score (nSPS) is 36.5. The molecule has 0 radical (unpaired) electrons. The van der Waals surface area contributed by atoms with Gasteiger partial charge in [0.1, 0.15) is 5.62 Å². The molecule has 0 aromatic heterocycles. The van der Waals surface area contributed by atoms with Gasteiger partial charge in [0.25, 0.3) is 0 Å². The third kappa shape index (κ3) is 3.30. The molecule has 100 valence electrons. The first-order chi connectivity index (χ1) is 8.22. The summed E-state index contributed by atoms with van der Waals surface area (Å²) >= 11 is 6.14. The molecule has 2 saturated heterocycles. The smallest absolute Gasteiger partial charge is 0.136 e. The van der Waals surface area contributed by atoms with Gasteiger partial charge in [0.2, 0.25) is 0 Å². The number of ether oxygens (including phenoxy) is 1. The lowest BCUT2D eigenvalue weighted by Gasteiger charge is -2.43. The maximum absolute atomic E-state index is 6.14. The van der Waals surface area contributed by atoms with Crippen LogP contribution in [0.15, 0.2) is 0 Å². The molecule has 2 N–H and O–H groups in total. The van der Waals surface area contributed by atoms with Crippen LogP contribution in [0, 0.1) is 0 Å². The van der Waals surface area contributed by atoms with E-state index >= 15 is 0 Å². The summed E-state index contributed by atoms with van der Waals surface area (Å²) in [5, 5.41) is 6.70. The molecule has 0 aliphatic carbocycles. The van der Waals surface area contributed by atoms with Gasteiger partial charge in [0.15, 0.2) is 0 Å². The molecule has 0 saturated carbocycles. The Kier molecular flexibility index (Phi) is 5.02. The Morgan fingerprint density at radius 3 is 3.00 bits per heavy atom. The Morgan fingerprint density at radius 2 is 2.24 bits per heavy atom.